The van der Waals surface area contributed by atoms with Crippen LogP contribution in [0.5, 0.6) is 0 Å². The summed E-state index contributed by atoms with van der Waals surface area (Å²) in [5, 5.41) is 0. The van der Waals surface area contributed by atoms with Crippen molar-refractivity contribution in [3.8, 4) is 0 Å². The van der Waals surface area contributed by atoms with E-state index in [9.17, 15) is 28.8 Å². The summed E-state index contributed by atoms with van der Waals surface area (Å²) in [7, 11) is 0. The monoisotopic (exact) mass is 832 g/mol. The fourth-order valence-electron chi connectivity index (χ4n) is 5.37. The van der Waals surface area contributed by atoms with Crippen molar-refractivity contribution in [2.24, 2.45) is 10.8 Å². The first-order valence-corrected chi connectivity index (χ1v) is 21.1. The van der Waals surface area contributed by atoms with Gasteiger partial charge in [0.05, 0.1) is 27.5 Å². The second kappa shape index (κ2) is 28.8. The van der Waals surface area contributed by atoms with Gasteiger partial charge in [0.1, 0.15) is 39.6 Å². The second-order valence-corrected chi connectivity index (χ2v) is 14.8. The van der Waals surface area contributed by atoms with Crippen LogP contribution in [0, 0.1) is 10.8 Å². The Hall–Kier alpha value is -5.52. The van der Waals surface area contributed by atoms with Crippen LogP contribution in [-0.2, 0) is 42.8 Å². The van der Waals surface area contributed by atoms with Gasteiger partial charge in [-0.2, -0.15) is 0 Å². The minimum atomic E-state index is -0.903. The van der Waals surface area contributed by atoms with Gasteiger partial charge >= 0.3 is 35.8 Å². The smallest absolute Gasteiger partial charge is 0.338 e. The van der Waals surface area contributed by atoms with Crippen molar-refractivity contribution in [1.82, 2.24) is 0 Å². The highest BCUT2D eigenvalue weighted by molar-refractivity contribution is 5.90. The molecule has 0 fully saturated rings. The van der Waals surface area contributed by atoms with Crippen molar-refractivity contribution < 1.29 is 57.2 Å². The van der Waals surface area contributed by atoms with Crippen LogP contribution in [0.25, 0.3) is 0 Å². The van der Waals surface area contributed by atoms with Crippen LogP contribution in [0.15, 0.2) is 91.0 Å². The zero-order valence-electron chi connectivity index (χ0n) is 36.1. The van der Waals surface area contributed by atoms with Crippen molar-refractivity contribution in [1.29, 1.82) is 0 Å². The summed E-state index contributed by atoms with van der Waals surface area (Å²) in [5.74, 6) is -2.33. The molecule has 0 unspecified atom stereocenters. The summed E-state index contributed by atoms with van der Waals surface area (Å²) in [5.41, 5.74) is -0.384. The van der Waals surface area contributed by atoms with Gasteiger partial charge in [-0.1, -0.05) is 108 Å². The van der Waals surface area contributed by atoms with E-state index in [2.05, 4.69) is 0 Å². The van der Waals surface area contributed by atoms with Gasteiger partial charge in [-0.25, -0.2) is 14.4 Å². The van der Waals surface area contributed by atoms with E-state index < -0.39 is 28.7 Å². The topological polar surface area (TPSA) is 158 Å². The Labute approximate surface area is 355 Å². The van der Waals surface area contributed by atoms with Crippen molar-refractivity contribution in [2.75, 3.05) is 39.6 Å². The maximum Gasteiger partial charge on any atom is 0.338 e. The number of benzene rings is 3. The number of rotatable bonds is 26. The Balaban J connectivity index is 0.000000424. The lowest BCUT2D eigenvalue weighted by molar-refractivity contribution is -0.162. The van der Waals surface area contributed by atoms with Crippen LogP contribution in [0.2, 0.25) is 0 Å². The van der Waals surface area contributed by atoms with E-state index in [-0.39, 0.29) is 57.5 Å². The molecule has 0 aliphatic heterocycles. The van der Waals surface area contributed by atoms with Crippen LogP contribution in [0.1, 0.15) is 136 Å². The standard InChI is InChI=1S/C27H26O6.C21H38O6/c1-2-27(18-31-24(28)21-12-6-3-7-13-21,19-32-25(29)22-14-8-4-9-15-22)20-33-26(30)23-16-10-5-11-17-23;1-5-9-12-18(22)25-15-21(8-4,16-26-19(23)13-10-6-2)17-27-20(24)14-11-7-3/h3-17H,2,18-20H2,1H3;5-17H2,1-4H3. The molecule has 60 heavy (non-hydrogen) atoms. The van der Waals surface area contributed by atoms with Gasteiger partial charge in [0.15, 0.2) is 0 Å². The molecule has 0 N–H and O–H groups in total. The van der Waals surface area contributed by atoms with E-state index in [0.29, 0.717) is 48.8 Å². The van der Waals surface area contributed by atoms with E-state index in [0.717, 1.165) is 38.5 Å². The Kier molecular flexibility index (Phi) is 24.3. The van der Waals surface area contributed by atoms with Gasteiger partial charge in [0.25, 0.3) is 0 Å². The molecule has 0 amide bonds. The highest BCUT2D eigenvalue weighted by atomic mass is 16.6. The largest absolute Gasteiger partial charge is 0.465 e. The number of carbonyl (C=O) groups excluding carboxylic acids is 6. The van der Waals surface area contributed by atoms with Crippen LogP contribution < -0.4 is 0 Å². The number of ether oxygens (including phenoxy) is 6. The fraction of sp³-hybridized carbons (Fsp3) is 0.500. The van der Waals surface area contributed by atoms with Crippen LogP contribution in [0.4, 0.5) is 0 Å². The Morgan fingerprint density at radius 3 is 0.817 bits per heavy atom. The molecule has 0 atom stereocenters. The Morgan fingerprint density at radius 1 is 0.367 bits per heavy atom. The first-order chi connectivity index (χ1) is 29.0. The van der Waals surface area contributed by atoms with Crippen molar-refractivity contribution in [2.45, 2.75) is 105 Å². The molecule has 0 bridgehead atoms. The third-order valence-electron chi connectivity index (χ3n) is 9.88. The normalized spacial score (nSPS) is 10.9. The molecular weight excluding hydrogens is 769 g/mol. The lowest BCUT2D eigenvalue weighted by atomic mass is 9.88. The van der Waals surface area contributed by atoms with Crippen molar-refractivity contribution in [3.05, 3.63) is 108 Å². The fourth-order valence-corrected chi connectivity index (χ4v) is 5.37. The van der Waals surface area contributed by atoms with E-state index in [1.807, 2.05) is 34.6 Å². The average molecular weight is 833 g/mol. The molecule has 0 saturated carbocycles. The maximum atomic E-state index is 12.5. The molecule has 0 aliphatic rings. The zero-order valence-corrected chi connectivity index (χ0v) is 36.1. The molecule has 0 aliphatic carbocycles. The minimum absolute atomic E-state index is 0.0775. The van der Waals surface area contributed by atoms with E-state index in [1.54, 1.807) is 91.0 Å². The van der Waals surface area contributed by atoms with Gasteiger partial charge in [-0.05, 0) is 68.5 Å². The molecule has 0 spiro atoms. The Morgan fingerprint density at radius 2 is 0.600 bits per heavy atom. The van der Waals surface area contributed by atoms with Crippen molar-refractivity contribution >= 4 is 35.8 Å². The third kappa shape index (κ3) is 19.5. The van der Waals surface area contributed by atoms with E-state index in [4.69, 9.17) is 28.4 Å². The Bertz CT molecular complexity index is 1510. The molecule has 0 aromatic heterocycles. The SMILES string of the molecule is CCC(COC(=O)c1ccccc1)(COC(=O)c1ccccc1)COC(=O)c1ccccc1.CCCCC(=O)OCC(CC)(COC(=O)CCCC)COC(=O)CCCC. The van der Waals surface area contributed by atoms with Crippen LogP contribution >= 0.6 is 0 Å². The third-order valence-corrected chi connectivity index (χ3v) is 9.88. The maximum absolute atomic E-state index is 12.5. The molecule has 3 aromatic carbocycles. The summed E-state index contributed by atoms with van der Waals surface area (Å²) in [6.07, 6.45) is 7.17. The lowest BCUT2D eigenvalue weighted by Gasteiger charge is -2.31. The summed E-state index contributed by atoms with van der Waals surface area (Å²) < 4.78 is 32.8. The summed E-state index contributed by atoms with van der Waals surface area (Å²) in [4.78, 5) is 73.1. The average Bonchev–Trinajstić information content (AvgIpc) is 3.29. The number of unbranched alkanes of at least 4 members (excludes halogenated alkanes) is 3. The summed E-state index contributed by atoms with van der Waals surface area (Å²) in [6, 6.07) is 25.8. The number of hydrogen-bond donors (Lipinski definition) is 0. The molecule has 328 valence electrons. The van der Waals surface area contributed by atoms with Crippen LogP contribution in [-0.4, -0.2) is 75.5 Å². The van der Waals surface area contributed by atoms with Crippen molar-refractivity contribution in [3.63, 3.8) is 0 Å². The predicted octanol–water partition coefficient (Wildman–Crippen LogP) is 9.54. The molecule has 0 saturated heterocycles. The molecule has 12 heteroatoms. The zero-order chi connectivity index (χ0) is 44.1. The van der Waals surface area contributed by atoms with E-state index >= 15 is 0 Å². The lowest BCUT2D eigenvalue weighted by Crippen LogP contribution is -2.39. The first-order valence-electron chi connectivity index (χ1n) is 21.1. The molecule has 0 heterocycles. The first kappa shape index (κ1) is 50.6. The number of esters is 6. The quantitative estimate of drug-likeness (QED) is 0.0558. The van der Waals surface area contributed by atoms with Gasteiger partial charge in [0, 0.05) is 19.3 Å². The van der Waals surface area contributed by atoms with E-state index in [1.165, 1.54) is 0 Å². The highest BCUT2D eigenvalue weighted by Crippen LogP contribution is 2.27. The van der Waals surface area contributed by atoms with Crippen LogP contribution in [0.3, 0.4) is 0 Å². The molecular formula is C48H64O12. The highest BCUT2D eigenvalue weighted by Gasteiger charge is 2.36. The molecule has 3 rings (SSSR count). The van der Waals surface area contributed by atoms with Gasteiger partial charge in [-0.15, -0.1) is 0 Å². The number of carbonyl (C=O) groups is 6. The number of hydrogen-bond acceptors (Lipinski definition) is 12. The summed E-state index contributed by atoms with van der Waals surface area (Å²) in [6.45, 7) is 9.79. The minimum Gasteiger partial charge on any atom is -0.465 e. The van der Waals surface area contributed by atoms with Gasteiger partial charge in [-0.3, -0.25) is 14.4 Å². The summed E-state index contributed by atoms with van der Waals surface area (Å²) >= 11 is 0. The molecule has 0 radical (unpaired) electrons. The molecule has 12 nitrogen and oxygen atoms in total. The van der Waals surface area contributed by atoms with Gasteiger partial charge in [0.2, 0.25) is 0 Å². The molecule has 3 aromatic rings. The van der Waals surface area contributed by atoms with Gasteiger partial charge < -0.3 is 28.4 Å². The predicted molar refractivity (Wildman–Crippen MR) is 227 cm³/mol. The second-order valence-electron chi connectivity index (χ2n) is 14.8.